The van der Waals surface area contributed by atoms with E-state index in [1.807, 2.05) is 6.26 Å². The number of aliphatic carboxylic acids is 1. The van der Waals surface area contributed by atoms with Gasteiger partial charge in [-0.3, -0.25) is 9.63 Å². The Morgan fingerprint density at radius 2 is 2.18 bits per heavy atom. The molecule has 0 aliphatic heterocycles. The van der Waals surface area contributed by atoms with Gasteiger partial charge in [0, 0.05) is 25.7 Å². The molecule has 17 heavy (non-hydrogen) atoms. The van der Waals surface area contributed by atoms with E-state index in [0.29, 0.717) is 5.04 Å². The van der Waals surface area contributed by atoms with Gasteiger partial charge in [0.15, 0.2) is 0 Å². The molecule has 0 aromatic carbocycles. The summed E-state index contributed by atoms with van der Waals surface area (Å²) in [5.74, 6) is -0.900. The maximum atomic E-state index is 11.3. The Balaban J connectivity index is 3.78. The van der Waals surface area contributed by atoms with Gasteiger partial charge >= 0.3 is 12.1 Å². The summed E-state index contributed by atoms with van der Waals surface area (Å²) in [6, 6.07) is 0. The zero-order chi connectivity index (χ0) is 13.3. The third-order valence-corrected chi connectivity index (χ3v) is 2.87. The van der Waals surface area contributed by atoms with E-state index < -0.39 is 12.1 Å². The Bertz CT molecular complexity index is 298. The average molecular weight is 281 g/mol. The number of carboxylic acid groups (broad SMARTS) is 1. The van der Waals surface area contributed by atoms with Crippen molar-refractivity contribution >= 4 is 41.0 Å². The number of rotatable bonds is 6. The van der Waals surface area contributed by atoms with Gasteiger partial charge in [0.05, 0.1) is 6.42 Å². The van der Waals surface area contributed by atoms with Crippen LogP contribution in [0.15, 0.2) is 5.16 Å². The molecule has 9 heteroatoms. The van der Waals surface area contributed by atoms with Crippen LogP contribution in [0.1, 0.15) is 13.3 Å². The van der Waals surface area contributed by atoms with Crippen molar-refractivity contribution in [2.24, 2.45) is 5.16 Å². The van der Waals surface area contributed by atoms with E-state index in [9.17, 15) is 9.59 Å². The van der Waals surface area contributed by atoms with E-state index in [-0.39, 0.29) is 13.0 Å². The zero-order valence-corrected chi connectivity index (χ0v) is 11.4. The average Bonchev–Trinajstić information content (AvgIpc) is 2.30. The van der Waals surface area contributed by atoms with Gasteiger partial charge in [0.2, 0.25) is 0 Å². The minimum Gasteiger partial charge on any atom is -0.481 e. The second-order valence-electron chi connectivity index (χ2n) is 2.80. The number of carboxylic acids is 1. The van der Waals surface area contributed by atoms with Crippen molar-refractivity contribution in [2.45, 2.75) is 13.3 Å². The summed E-state index contributed by atoms with van der Waals surface area (Å²) >= 11 is 2.32. The van der Waals surface area contributed by atoms with Crippen molar-refractivity contribution in [3.05, 3.63) is 0 Å². The van der Waals surface area contributed by atoms with Crippen LogP contribution in [0.25, 0.3) is 0 Å². The van der Waals surface area contributed by atoms with Crippen LogP contribution >= 0.6 is 23.9 Å². The number of hydrogen-bond acceptors (Lipinski definition) is 7. The van der Waals surface area contributed by atoms with Crippen LogP contribution in [0, 0.1) is 0 Å². The monoisotopic (exact) mass is 281 g/mol. The molecule has 0 saturated carbocycles. The maximum absolute atomic E-state index is 11.3. The molecular formula is C8H15N3O4S2. The fourth-order valence-corrected chi connectivity index (χ4v) is 1.14. The van der Waals surface area contributed by atoms with Crippen molar-refractivity contribution < 1.29 is 19.5 Å². The maximum Gasteiger partial charge on any atom is 0.446 e. The number of hydrogen-bond donors (Lipinski definition) is 2. The van der Waals surface area contributed by atoms with Gasteiger partial charge < -0.3 is 5.11 Å². The van der Waals surface area contributed by atoms with Crippen LogP contribution in [0.4, 0.5) is 4.79 Å². The van der Waals surface area contributed by atoms with E-state index in [0.717, 1.165) is 12.1 Å². The Labute approximate surface area is 108 Å². The molecule has 0 aliphatic carbocycles. The standard InChI is InChI=1S/C8H15N3O4S2/c1-6(16-3)10-15-8(14)11(2)17-9-5-4-7(12)13/h9H,4-5H2,1-3H3,(H,12,13)/b10-6-. The van der Waals surface area contributed by atoms with Crippen molar-refractivity contribution in [2.75, 3.05) is 19.8 Å². The molecule has 0 aliphatic rings. The SMILES string of the molecule is CS/C(C)=N\OC(=O)N(C)SNCCC(=O)O. The van der Waals surface area contributed by atoms with Crippen LogP contribution < -0.4 is 4.72 Å². The summed E-state index contributed by atoms with van der Waals surface area (Å²) in [4.78, 5) is 26.1. The van der Waals surface area contributed by atoms with Gasteiger partial charge in [-0.05, 0) is 13.2 Å². The largest absolute Gasteiger partial charge is 0.481 e. The quantitative estimate of drug-likeness (QED) is 0.190. The normalized spacial score (nSPS) is 11.1. The minimum absolute atomic E-state index is 0.0143. The molecule has 0 rings (SSSR count). The van der Waals surface area contributed by atoms with Crippen molar-refractivity contribution in [3.63, 3.8) is 0 Å². The Hall–Kier alpha value is -0.930. The predicted molar refractivity (Wildman–Crippen MR) is 68.7 cm³/mol. The molecular weight excluding hydrogens is 266 g/mol. The van der Waals surface area contributed by atoms with Crippen molar-refractivity contribution in [1.82, 2.24) is 9.03 Å². The third-order valence-electron chi connectivity index (χ3n) is 1.45. The Morgan fingerprint density at radius 3 is 2.71 bits per heavy atom. The molecule has 0 atom stereocenters. The minimum atomic E-state index is -0.900. The number of nitrogens with one attached hydrogen (secondary N) is 1. The molecule has 0 heterocycles. The third kappa shape index (κ3) is 8.83. The molecule has 0 radical (unpaired) electrons. The fraction of sp³-hybridized carbons (Fsp3) is 0.625. The zero-order valence-electron chi connectivity index (χ0n) is 9.80. The van der Waals surface area contributed by atoms with Crippen LogP contribution in [0.2, 0.25) is 0 Å². The van der Waals surface area contributed by atoms with Gasteiger partial charge in [-0.25, -0.2) is 13.8 Å². The molecule has 0 bridgehead atoms. The fourth-order valence-electron chi connectivity index (χ4n) is 0.536. The number of carbonyl (C=O) groups is 2. The highest BCUT2D eigenvalue weighted by Crippen LogP contribution is 2.05. The first kappa shape index (κ1) is 16.1. The van der Waals surface area contributed by atoms with Crippen LogP contribution in [-0.2, 0) is 9.63 Å². The Morgan fingerprint density at radius 1 is 1.53 bits per heavy atom. The lowest BCUT2D eigenvalue weighted by molar-refractivity contribution is -0.136. The Kier molecular flexibility index (Phi) is 8.64. The smallest absolute Gasteiger partial charge is 0.446 e. The summed E-state index contributed by atoms with van der Waals surface area (Å²) in [6.45, 7) is 1.97. The first-order valence-electron chi connectivity index (χ1n) is 4.62. The number of thioether (sulfide) groups is 1. The van der Waals surface area contributed by atoms with Crippen molar-refractivity contribution in [3.8, 4) is 0 Å². The number of oxime groups is 1. The summed E-state index contributed by atoms with van der Waals surface area (Å²) in [5.41, 5.74) is 0. The molecule has 0 spiro atoms. The van der Waals surface area contributed by atoms with E-state index in [4.69, 9.17) is 5.11 Å². The van der Waals surface area contributed by atoms with Crippen LogP contribution in [0.3, 0.4) is 0 Å². The number of nitrogens with zero attached hydrogens (tertiary/aromatic N) is 2. The predicted octanol–water partition coefficient (Wildman–Crippen LogP) is 1.38. The summed E-state index contributed by atoms with van der Waals surface area (Å²) < 4.78 is 3.89. The van der Waals surface area contributed by atoms with Gasteiger partial charge in [-0.1, -0.05) is 5.16 Å². The van der Waals surface area contributed by atoms with Gasteiger partial charge in [-0.15, -0.1) is 11.8 Å². The molecule has 1 amide bonds. The lowest BCUT2D eigenvalue weighted by Crippen LogP contribution is -2.24. The second-order valence-corrected chi connectivity index (χ2v) is 4.82. The number of amides is 1. The molecule has 7 nitrogen and oxygen atoms in total. The molecule has 0 aromatic rings. The topological polar surface area (TPSA) is 91.2 Å². The van der Waals surface area contributed by atoms with Gasteiger partial charge in [-0.2, -0.15) is 0 Å². The van der Waals surface area contributed by atoms with E-state index in [2.05, 4.69) is 14.7 Å². The first-order valence-corrected chi connectivity index (χ1v) is 6.62. The molecule has 0 unspecified atom stereocenters. The van der Waals surface area contributed by atoms with Crippen LogP contribution in [-0.4, -0.2) is 46.4 Å². The molecule has 98 valence electrons. The van der Waals surface area contributed by atoms with E-state index in [1.165, 1.54) is 23.1 Å². The lowest BCUT2D eigenvalue weighted by Gasteiger charge is -2.12. The molecule has 0 fully saturated rings. The number of carbonyl (C=O) groups excluding carboxylic acids is 1. The van der Waals surface area contributed by atoms with Crippen molar-refractivity contribution in [1.29, 1.82) is 0 Å². The molecule has 0 saturated heterocycles. The highest BCUT2D eigenvalue weighted by molar-refractivity contribution is 8.13. The van der Waals surface area contributed by atoms with Crippen LogP contribution in [0.5, 0.6) is 0 Å². The summed E-state index contributed by atoms with van der Waals surface area (Å²) in [7, 11) is 1.49. The second kappa shape index (κ2) is 9.14. The highest BCUT2D eigenvalue weighted by Gasteiger charge is 2.11. The molecule has 0 aromatic heterocycles. The summed E-state index contributed by atoms with van der Waals surface area (Å²) in [5, 5.41) is 12.6. The van der Waals surface area contributed by atoms with E-state index >= 15 is 0 Å². The van der Waals surface area contributed by atoms with E-state index in [1.54, 1.807) is 6.92 Å². The van der Waals surface area contributed by atoms with Gasteiger partial charge in [0.1, 0.15) is 5.04 Å². The highest BCUT2D eigenvalue weighted by atomic mass is 32.2. The lowest BCUT2D eigenvalue weighted by atomic mass is 10.5. The van der Waals surface area contributed by atoms with Gasteiger partial charge in [0.25, 0.3) is 0 Å². The molecule has 2 N–H and O–H groups in total. The first-order chi connectivity index (χ1) is 7.97. The summed E-state index contributed by atoms with van der Waals surface area (Å²) in [6.07, 6.45) is 1.17.